The Morgan fingerprint density at radius 3 is 2.62 bits per heavy atom. The van der Waals surface area contributed by atoms with E-state index in [4.69, 9.17) is 16.3 Å². The van der Waals surface area contributed by atoms with Crippen LogP contribution in [-0.4, -0.2) is 28.2 Å². The van der Waals surface area contributed by atoms with Crippen molar-refractivity contribution >= 4 is 68.7 Å². The highest BCUT2D eigenvalue weighted by atomic mass is 35.5. The summed E-state index contributed by atoms with van der Waals surface area (Å²) in [5, 5.41) is 7.77. The van der Waals surface area contributed by atoms with Crippen LogP contribution in [0.25, 0.3) is 17.0 Å². The summed E-state index contributed by atoms with van der Waals surface area (Å²) in [6.07, 6.45) is 3.71. The number of carbonyl (C=O) groups excluding carboxylic acids is 2. The molecule has 37 heavy (non-hydrogen) atoms. The molecular formula is C28H23ClN4O3S. The highest BCUT2D eigenvalue weighted by Gasteiger charge is 2.24. The Balaban J connectivity index is 1.36. The van der Waals surface area contributed by atoms with Gasteiger partial charge in [0.25, 0.3) is 5.91 Å². The molecule has 0 spiro atoms. The van der Waals surface area contributed by atoms with E-state index in [1.807, 2.05) is 72.3 Å². The van der Waals surface area contributed by atoms with Gasteiger partial charge in [0.15, 0.2) is 5.17 Å². The molecule has 0 atom stereocenters. The second-order valence-corrected chi connectivity index (χ2v) is 9.66. The van der Waals surface area contributed by atoms with Crippen LogP contribution in [-0.2, 0) is 16.1 Å². The quantitative estimate of drug-likeness (QED) is 0.278. The fourth-order valence-electron chi connectivity index (χ4n) is 3.93. The molecule has 2 N–H and O–H groups in total. The standard InChI is InChI=1S/C28H23ClN4O3S/c1-2-36-22-13-11-21(12-14-22)31-28-32-27(35)25(37-28)15-18-16-33(24-6-4-3-5-23(18)24)17-26(34)30-20-9-7-19(29)8-10-20/h3-16H,2,17H2,1H3,(H,30,34)(H,31,32,35)/b25-15+. The van der Waals surface area contributed by atoms with Gasteiger partial charge in [-0.05, 0) is 79.4 Å². The third-order valence-corrected chi connectivity index (χ3v) is 6.74. The van der Waals surface area contributed by atoms with E-state index in [9.17, 15) is 9.59 Å². The molecule has 0 saturated carbocycles. The second kappa shape index (κ2) is 10.9. The molecular weight excluding hydrogens is 508 g/mol. The van der Waals surface area contributed by atoms with Crippen LogP contribution in [0.5, 0.6) is 5.75 Å². The van der Waals surface area contributed by atoms with Gasteiger partial charge in [-0.25, -0.2) is 4.99 Å². The van der Waals surface area contributed by atoms with Gasteiger partial charge in [-0.2, -0.15) is 0 Å². The number of hydrogen-bond donors (Lipinski definition) is 2. The van der Waals surface area contributed by atoms with E-state index in [1.165, 1.54) is 11.8 Å². The summed E-state index contributed by atoms with van der Waals surface area (Å²) >= 11 is 7.20. The zero-order valence-electron chi connectivity index (χ0n) is 19.9. The zero-order valence-corrected chi connectivity index (χ0v) is 21.5. The van der Waals surface area contributed by atoms with Gasteiger partial charge in [-0.15, -0.1) is 0 Å². The lowest BCUT2D eigenvalue weighted by molar-refractivity contribution is -0.117. The van der Waals surface area contributed by atoms with Crippen molar-refractivity contribution in [3.8, 4) is 5.75 Å². The number of rotatable bonds is 7. The molecule has 9 heteroatoms. The summed E-state index contributed by atoms with van der Waals surface area (Å²) in [4.78, 5) is 30.5. The first-order valence-corrected chi connectivity index (χ1v) is 12.8. The fraction of sp³-hybridized carbons (Fsp3) is 0.107. The maximum atomic E-state index is 12.7. The first kappa shape index (κ1) is 24.7. The van der Waals surface area contributed by atoms with E-state index in [0.717, 1.165) is 27.9 Å². The summed E-state index contributed by atoms with van der Waals surface area (Å²) in [7, 11) is 0. The number of aromatic nitrogens is 1. The minimum absolute atomic E-state index is 0.121. The number of ether oxygens (including phenoxy) is 1. The van der Waals surface area contributed by atoms with Crippen LogP contribution in [0.2, 0.25) is 5.02 Å². The topological polar surface area (TPSA) is 84.7 Å². The summed E-state index contributed by atoms with van der Waals surface area (Å²) in [5.41, 5.74) is 3.13. The summed E-state index contributed by atoms with van der Waals surface area (Å²) in [6, 6.07) is 22.1. The number of halogens is 1. The molecule has 0 bridgehead atoms. The number of thioether (sulfide) groups is 1. The molecule has 7 nitrogen and oxygen atoms in total. The van der Waals surface area contributed by atoms with Crippen LogP contribution >= 0.6 is 23.4 Å². The SMILES string of the molecule is CCOc1ccc(N=C2NC(=O)/C(=C\c3cn(CC(=O)Nc4ccc(Cl)cc4)c4ccccc34)S2)cc1. The lowest BCUT2D eigenvalue weighted by atomic mass is 10.1. The number of benzene rings is 3. The van der Waals surface area contributed by atoms with Crippen LogP contribution in [0.3, 0.4) is 0 Å². The minimum atomic E-state index is -0.216. The van der Waals surface area contributed by atoms with E-state index < -0.39 is 0 Å². The summed E-state index contributed by atoms with van der Waals surface area (Å²) in [6.45, 7) is 2.65. The number of amidine groups is 1. The number of aliphatic imine (C=N–C) groups is 1. The normalized spacial score (nSPS) is 15.4. The van der Waals surface area contributed by atoms with Gasteiger partial charge in [0.1, 0.15) is 12.3 Å². The Morgan fingerprint density at radius 2 is 1.86 bits per heavy atom. The van der Waals surface area contributed by atoms with Gasteiger partial charge >= 0.3 is 0 Å². The molecule has 2 amide bonds. The number of para-hydroxylation sites is 1. The molecule has 1 aliphatic rings. The number of nitrogens with one attached hydrogen (secondary N) is 2. The maximum absolute atomic E-state index is 12.7. The van der Waals surface area contributed by atoms with Gasteiger partial charge < -0.3 is 19.9 Å². The highest BCUT2D eigenvalue weighted by Crippen LogP contribution is 2.31. The van der Waals surface area contributed by atoms with Crippen molar-refractivity contribution < 1.29 is 14.3 Å². The van der Waals surface area contributed by atoms with Gasteiger partial charge in [-0.3, -0.25) is 9.59 Å². The van der Waals surface area contributed by atoms with Crippen LogP contribution in [0.4, 0.5) is 11.4 Å². The molecule has 2 heterocycles. The molecule has 186 valence electrons. The van der Waals surface area contributed by atoms with E-state index in [2.05, 4.69) is 15.6 Å². The van der Waals surface area contributed by atoms with Gasteiger partial charge in [0.05, 0.1) is 17.2 Å². The summed E-state index contributed by atoms with van der Waals surface area (Å²) in [5.74, 6) is 0.389. The zero-order chi connectivity index (χ0) is 25.8. The Morgan fingerprint density at radius 1 is 1.11 bits per heavy atom. The van der Waals surface area contributed by atoms with Gasteiger partial charge in [0, 0.05) is 33.4 Å². The van der Waals surface area contributed by atoms with Gasteiger partial charge in [-0.1, -0.05) is 29.8 Å². The highest BCUT2D eigenvalue weighted by molar-refractivity contribution is 8.18. The second-order valence-electron chi connectivity index (χ2n) is 8.19. The van der Waals surface area contributed by atoms with Crippen molar-refractivity contribution in [3.05, 3.63) is 94.5 Å². The third kappa shape index (κ3) is 5.87. The minimum Gasteiger partial charge on any atom is -0.494 e. The van der Waals surface area contributed by atoms with Crippen LogP contribution < -0.4 is 15.4 Å². The molecule has 1 fully saturated rings. The molecule has 5 rings (SSSR count). The lowest BCUT2D eigenvalue weighted by Gasteiger charge is -2.07. The number of nitrogens with zero attached hydrogens (tertiary/aromatic N) is 2. The molecule has 1 saturated heterocycles. The van der Waals surface area contributed by atoms with E-state index in [0.29, 0.717) is 27.4 Å². The summed E-state index contributed by atoms with van der Waals surface area (Å²) < 4.78 is 7.34. The smallest absolute Gasteiger partial charge is 0.264 e. The fourth-order valence-corrected chi connectivity index (χ4v) is 4.89. The van der Waals surface area contributed by atoms with Crippen molar-refractivity contribution in [2.45, 2.75) is 13.5 Å². The van der Waals surface area contributed by atoms with Crippen molar-refractivity contribution in [1.29, 1.82) is 0 Å². The Labute approximate surface area is 223 Å². The monoisotopic (exact) mass is 530 g/mol. The molecule has 0 aliphatic carbocycles. The van der Waals surface area contributed by atoms with Crippen molar-refractivity contribution in [2.24, 2.45) is 4.99 Å². The molecule has 0 radical (unpaired) electrons. The number of hydrogen-bond acceptors (Lipinski definition) is 5. The van der Waals surface area contributed by atoms with Crippen LogP contribution in [0, 0.1) is 0 Å². The molecule has 3 aromatic carbocycles. The van der Waals surface area contributed by atoms with E-state index in [1.54, 1.807) is 24.3 Å². The number of amides is 2. The third-order valence-electron chi connectivity index (χ3n) is 5.58. The van der Waals surface area contributed by atoms with Gasteiger partial charge in [0.2, 0.25) is 5.91 Å². The average Bonchev–Trinajstić information content (AvgIpc) is 3.41. The first-order chi connectivity index (χ1) is 18.0. The average molecular weight is 531 g/mol. The van der Waals surface area contributed by atoms with Crippen molar-refractivity contribution in [1.82, 2.24) is 9.88 Å². The number of anilines is 1. The maximum Gasteiger partial charge on any atom is 0.264 e. The molecule has 0 unspecified atom stereocenters. The Kier molecular flexibility index (Phi) is 7.30. The number of fused-ring (bicyclic) bond motifs is 1. The van der Waals surface area contributed by atoms with Crippen LogP contribution in [0.15, 0.2) is 88.9 Å². The van der Waals surface area contributed by atoms with E-state index >= 15 is 0 Å². The largest absolute Gasteiger partial charge is 0.494 e. The predicted molar refractivity (Wildman–Crippen MR) is 150 cm³/mol. The number of carbonyl (C=O) groups is 2. The lowest BCUT2D eigenvalue weighted by Crippen LogP contribution is -2.19. The predicted octanol–water partition coefficient (Wildman–Crippen LogP) is 6.22. The first-order valence-electron chi connectivity index (χ1n) is 11.6. The Hall–Kier alpha value is -4.01. The van der Waals surface area contributed by atoms with Crippen molar-refractivity contribution in [2.75, 3.05) is 11.9 Å². The van der Waals surface area contributed by atoms with Crippen LogP contribution in [0.1, 0.15) is 12.5 Å². The van der Waals surface area contributed by atoms with E-state index in [-0.39, 0.29) is 18.4 Å². The molecule has 1 aromatic heterocycles. The van der Waals surface area contributed by atoms with Crippen molar-refractivity contribution in [3.63, 3.8) is 0 Å². The molecule has 1 aliphatic heterocycles. The Bertz CT molecular complexity index is 1530. The molecule has 4 aromatic rings.